The standard InChI is InChI=1S/C22H30Cl2N2O2/c23-17-9-8-15(19(24)12-17)13-26-14-16-4-2-10-25-11-3-5-18(22(16)25)20(26)6-1-7-21(27)28/h8-9,12,16,18,20,22H,1-7,10-11,13-14H2,(H,27,28)/t16-,18+,20+,22-/m0/s1. The van der Waals surface area contributed by atoms with Crippen LogP contribution in [0.4, 0.5) is 0 Å². The van der Waals surface area contributed by atoms with E-state index < -0.39 is 5.97 Å². The molecule has 1 aromatic carbocycles. The van der Waals surface area contributed by atoms with Gasteiger partial charge in [-0.25, -0.2) is 0 Å². The second kappa shape index (κ2) is 8.91. The average molecular weight is 425 g/mol. The first-order valence-corrected chi connectivity index (χ1v) is 11.4. The Balaban J connectivity index is 1.57. The van der Waals surface area contributed by atoms with Gasteiger partial charge in [0.1, 0.15) is 0 Å². The number of likely N-dealkylation sites (tertiary alicyclic amines) is 1. The van der Waals surface area contributed by atoms with Gasteiger partial charge in [-0.1, -0.05) is 29.3 Å². The van der Waals surface area contributed by atoms with Crippen molar-refractivity contribution in [3.63, 3.8) is 0 Å². The molecule has 0 saturated carbocycles. The number of benzene rings is 1. The molecule has 4 atom stereocenters. The van der Waals surface area contributed by atoms with Crippen LogP contribution in [0.3, 0.4) is 0 Å². The van der Waals surface area contributed by atoms with Gasteiger partial charge in [0.2, 0.25) is 0 Å². The quantitative estimate of drug-likeness (QED) is 0.703. The van der Waals surface area contributed by atoms with Crippen molar-refractivity contribution in [2.24, 2.45) is 11.8 Å². The van der Waals surface area contributed by atoms with Crippen LogP contribution in [0.5, 0.6) is 0 Å². The molecule has 28 heavy (non-hydrogen) atoms. The number of halogens is 2. The third kappa shape index (κ3) is 4.35. The number of nitrogens with zero attached hydrogens (tertiary/aromatic N) is 2. The molecule has 1 N–H and O–H groups in total. The molecule has 0 radical (unpaired) electrons. The highest BCUT2D eigenvalue weighted by Gasteiger charge is 2.48. The molecule has 4 nitrogen and oxygen atoms in total. The number of rotatable bonds is 6. The summed E-state index contributed by atoms with van der Waals surface area (Å²) in [6, 6.07) is 6.91. The molecule has 3 heterocycles. The molecule has 4 rings (SSSR count). The van der Waals surface area contributed by atoms with E-state index in [2.05, 4.69) is 9.80 Å². The van der Waals surface area contributed by atoms with Crippen molar-refractivity contribution >= 4 is 29.2 Å². The Hall–Kier alpha value is -0.810. The highest BCUT2D eigenvalue weighted by atomic mass is 35.5. The minimum absolute atomic E-state index is 0.260. The number of piperidine rings is 3. The summed E-state index contributed by atoms with van der Waals surface area (Å²) < 4.78 is 0. The fraction of sp³-hybridized carbons (Fsp3) is 0.682. The maximum Gasteiger partial charge on any atom is 0.303 e. The third-order valence-corrected chi connectivity index (χ3v) is 7.64. The number of carboxylic acids is 1. The fourth-order valence-electron chi connectivity index (χ4n) is 5.99. The topological polar surface area (TPSA) is 43.8 Å². The first-order chi connectivity index (χ1) is 13.5. The summed E-state index contributed by atoms with van der Waals surface area (Å²) in [6.07, 6.45) is 7.10. The lowest BCUT2D eigenvalue weighted by molar-refractivity contribution is -0.137. The Morgan fingerprint density at radius 2 is 1.96 bits per heavy atom. The first-order valence-electron chi connectivity index (χ1n) is 10.7. The Morgan fingerprint density at radius 1 is 1.18 bits per heavy atom. The number of hydrogen-bond donors (Lipinski definition) is 1. The number of aliphatic carboxylic acids is 1. The molecule has 3 saturated heterocycles. The SMILES string of the molecule is O=C(O)CCC[C@@H]1[C@H]2CCCN3CCC[C@@H](CN1Cc1ccc(Cl)cc1Cl)[C@@H]23. The molecule has 3 aliphatic heterocycles. The third-order valence-electron chi connectivity index (χ3n) is 7.06. The number of carboxylic acid groups (broad SMARTS) is 1. The predicted octanol–water partition coefficient (Wildman–Crippen LogP) is 4.92. The van der Waals surface area contributed by atoms with E-state index in [-0.39, 0.29) is 6.42 Å². The number of carbonyl (C=O) groups is 1. The van der Waals surface area contributed by atoms with Crippen LogP contribution in [-0.4, -0.2) is 52.6 Å². The van der Waals surface area contributed by atoms with E-state index in [1.165, 1.54) is 38.8 Å². The van der Waals surface area contributed by atoms with Crippen molar-refractivity contribution in [3.05, 3.63) is 33.8 Å². The summed E-state index contributed by atoms with van der Waals surface area (Å²) in [6.45, 7) is 4.40. The maximum absolute atomic E-state index is 11.1. The van der Waals surface area contributed by atoms with Gasteiger partial charge in [0.05, 0.1) is 0 Å². The summed E-state index contributed by atoms with van der Waals surface area (Å²) in [7, 11) is 0. The van der Waals surface area contributed by atoms with Crippen molar-refractivity contribution in [2.75, 3.05) is 19.6 Å². The molecule has 154 valence electrons. The summed E-state index contributed by atoms with van der Waals surface area (Å²) in [5.41, 5.74) is 1.12. The van der Waals surface area contributed by atoms with Crippen LogP contribution in [0.1, 0.15) is 50.5 Å². The van der Waals surface area contributed by atoms with E-state index in [0.29, 0.717) is 23.0 Å². The largest absolute Gasteiger partial charge is 0.481 e. The van der Waals surface area contributed by atoms with Gasteiger partial charge in [0.15, 0.2) is 0 Å². The Morgan fingerprint density at radius 3 is 2.71 bits per heavy atom. The van der Waals surface area contributed by atoms with Crippen molar-refractivity contribution in [1.29, 1.82) is 0 Å². The highest BCUT2D eigenvalue weighted by molar-refractivity contribution is 6.35. The van der Waals surface area contributed by atoms with Gasteiger partial charge < -0.3 is 5.11 Å². The molecule has 0 aromatic heterocycles. The van der Waals surface area contributed by atoms with E-state index in [4.69, 9.17) is 28.3 Å². The first kappa shape index (κ1) is 20.5. The molecule has 6 heteroatoms. The molecule has 0 aliphatic carbocycles. The fourth-order valence-corrected chi connectivity index (χ4v) is 6.46. The predicted molar refractivity (Wildman–Crippen MR) is 113 cm³/mol. The van der Waals surface area contributed by atoms with Gasteiger partial charge in [-0.2, -0.15) is 0 Å². The molecule has 0 unspecified atom stereocenters. The summed E-state index contributed by atoms with van der Waals surface area (Å²) in [4.78, 5) is 16.4. The van der Waals surface area contributed by atoms with Gasteiger partial charge in [-0.15, -0.1) is 0 Å². The lowest BCUT2D eigenvalue weighted by Gasteiger charge is -2.57. The van der Waals surface area contributed by atoms with E-state index >= 15 is 0 Å². The summed E-state index contributed by atoms with van der Waals surface area (Å²) in [5, 5.41) is 10.5. The molecule has 1 aromatic rings. The maximum atomic E-state index is 11.1. The summed E-state index contributed by atoms with van der Waals surface area (Å²) in [5.74, 6) is 0.678. The van der Waals surface area contributed by atoms with Crippen molar-refractivity contribution in [3.8, 4) is 0 Å². The second-order valence-electron chi connectivity index (χ2n) is 8.75. The molecular weight excluding hydrogens is 395 g/mol. The highest BCUT2D eigenvalue weighted by Crippen LogP contribution is 2.44. The molecule has 0 bridgehead atoms. The Bertz CT molecular complexity index is 712. The van der Waals surface area contributed by atoms with Crippen LogP contribution in [-0.2, 0) is 11.3 Å². The van der Waals surface area contributed by atoms with Crippen LogP contribution in [0.15, 0.2) is 18.2 Å². The van der Waals surface area contributed by atoms with Crippen molar-refractivity contribution in [1.82, 2.24) is 9.80 Å². The smallest absolute Gasteiger partial charge is 0.303 e. The van der Waals surface area contributed by atoms with E-state index in [1.807, 2.05) is 18.2 Å². The zero-order valence-corrected chi connectivity index (χ0v) is 17.8. The van der Waals surface area contributed by atoms with Gasteiger partial charge in [0, 0.05) is 41.6 Å². The molecule has 0 spiro atoms. The Labute approximate surface area is 177 Å². The average Bonchev–Trinajstić information content (AvgIpc) is 2.66. The number of hydrogen-bond acceptors (Lipinski definition) is 3. The zero-order valence-electron chi connectivity index (χ0n) is 16.3. The summed E-state index contributed by atoms with van der Waals surface area (Å²) >= 11 is 12.6. The van der Waals surface area contributed by atoms with Gasteiger partial charge >= 0.3 is 5.97 Å². The molecular formula is C22H30Cl2N2O2. The van der Waals surface area contributed by atoms with Crippen LogP contribution in [0.25, 0.3) is 0 Å². The minimum atomic E-state index is -0.691. The Kier molecular flexibility index (Phi) is 6.51. The van der Waals surface area contributed by atoms with Crippen LogP contribution < -0.4 is 0 Å². The van der Waals surface area contributed by atoms with E-state index in [9.17, 15) is 4.79 Å². The van der Waals surface area contributed by atoms with Crippen LogP contribution in [0, 0.1) is 11.8 Å². The molecule has 0 amide bonds. The minimum Gasteiger partial charge on any atom is -0.481 e. The molecule has 3 fully saturated rings. The van der Waals surface area contributed by atoms with Gasteiger partial charge in [-0.05, 0) is 81.1 Å². The van der Waals surface area contributed by atoms with E-state index in [0.717, 1.165) is 42.4 Å². The lowest BCUT2D eigenvalue weighted by Crippen LogP contribution is -2.64. The zero-order chi connectivity index (χ0) is 19.7. The van der Waals surface area contributed by atoms with Crippen molar-refractivity contribution < 1.29 is 9.90 Å². The second-order valence-corrected chi connectivity index (χ2v) is 9.60. The van der Waals surface area contributed by atoms with Crippen LogP contribution >= 0.6 is 23.2 Å². The van der Waals surface area contributed by atoms with Crippen molar-refractivity contribution in [2.45, 2.75) is 63.6 Å². The molecule has 3 aliphatic rings. The van der Waals surface area contributed by atoms with Gasteiger partial charge in [-0.3, -0.25) is 14.6 Å². The van der Waals surface area contributed by atoms with E-state index in [1.54, 1.807) is 0 Å². The van der Waals surface area contributed by atoms with Gasteiger partial charge in [0.25, 0.3) is 0 Å². The van der Waals surface area contributed by atoms with Crippen LogP contribution in [0.2, 0.25) is 10.0 Å². The monoisotopic (exact) mass is 424 g/mol. The normalized spacial score (nSPS) is 30.8. The lowest BCUT2D eigenvalue weighted by atomic mass is 9.69.